The molecule has 0 aliphatic carbocycles. The summed E-state index contributed by atoms with van der Waals surface area (Å²) < 4.78 is 0. The van der Waals surface area contributed by atoms with E-state index in [0.717, 1.165) is 12.5 Å². The van der Waals surface area contributed by atoms with E-state index in [4.69, 9.17) is 0 Å². The summed E-state index contributed by atoms with van der Waals surface area (Å²) in [4.78, 5) is 0. The zero-order chi connectivity index (χ0) is 11.1. The first-order chi connectivity index (χ1) is 7.24. The Labute approximate surface area is 97.7 Å². The minimum absolute atomic E-state index is 0.454. The quantitative estimate of drug-likeness (QED) is 0.794. The molecule has 0 aliphatic heterocycles. The summed E-state index contributed by atoms with van der Waals surface area (Å²) in [5.41, 5.74) is 1.37. The number of hydrogen-bond acceptors (Lipinski definition) is 2. The monoisotopic (exact) mass is 223 g/mol. The van der Waals surface area contributed by atoms with Gasteiger partial charge in [0.05, 0.1) is 0 Å². The lowest BCUT2D eigenvalue weighted by molar-refractivity contribution is 0.501. The van der Waals surface area contributed by atoms with Gasteiger partial charge in [0.15, 0.2) is 0 Å². The van der Waals surface area contributed by atoms with Crippen molar-refractivity contribution in [3.8, 4) is 0 Å². The summed E-state index contributed by atoms with van der Waals surface area (Å²) in [6.45, 7) is 5.61. The Balaban J connectivity index is 2.33. The van der Waals surface area contributed by atoms with Gasteiger partial charge in [-0.05, 0) is 37.0 Å². The predicted octanol–water partition coefficient (Wildman–Crippen LogP) is 3.34. The van der Waals surface area contributed by atoms with Gasteiger partial charge >= 0.3 is 0 Å². The third-order valence-electron chi connectivity index (χ3n) is 2.52. The Morgan fingerprint density at radius 1 is 1.20 bits per heavy atom. The molecule has 1 aromatic rings. The molecule has 0 bridgehead atoms. The van der Waals surface area contributed by atoms with E-state index in [9.17, 15) is 0 Å². The van der Waals surface area contributed by atoms with Crippen LogP contribution in [0.25, 0.3) is 0 Å². The lowest BCUT2D eigenvalue weighted by atomic mass is 10.1. The van der Waals surface area contributed by atoms with Gasteiger partial charge in [-0.1, -0.05) is 37.3 Å². The number of thioether (sulfide) groups is 1. The van der Waals surface area contributed by atoms with E-state index in [1.165, 1.54) is 11.3 Å². The lowest BCUT2D eigenvalue weighted by Crippen LogP contribution is -2.25. The van der Waals surface area contributed by atoms with Gasteiger partial charge < -0.3 is 5.32 Å². The number of nitrogens with one attached hydrogen (secondary N) is 1. The third-order valence-corrected chi connectivity index (χ3v) is 3.43. The van der Waals surface area contributed by atoms with Crippen LogP contribution in [0.1, 0.15) is 25.5 Å². The maximum absolute atomic E-state index is 3.57. The first-order valence-electron chi connectivity index (χ1n) is 5.51. The van der Waals surface area contributed by atoms with Crippen LogP contribution in [0, 0.1) is 5.92 Å². The highest BCUT2D eigenvalue weighted by Crippen LogP contribution is 2.12. The minimum Gasteiger partial charge on any atom is -0.310 e. The first kappa shape index (κ1) is 12.6. The van der Waals surface area contributed by atoms with Crippen LogP contribution in [-0.2, 0) is 0 Å². The molecule has 2 unspecified atom stereocenters. The second kappa shape index (κ2) is 6.91. The van der Waals surface area contributed by atoms with E-state index in [1.807, 2.05) is 11.8 Å². The summed E-state index contributed by atoms with van der Waals surface area (Å²) in [7, 11) is 0. The molecule has 0 saturated heterocycles. The Hall–Kier alpha value is -0.470. The molecule has 2 atom stereocenters. The van der Waals surface area contributed by atoms with Crippen LogP contribution in [0.15, 0.2) is 30.3 Å². The van der Waals surface area contributed by atoms with Gasteiger partial charge in [-0.3, -0.25) is 0 Å². The van der Waals surface area contributed by atoms with Crippen LogP contribution in [0.2, 0.25) is 0 Å². The summed E-state index contributed by atoms with van der Waals surface area (Å²) >= 11 is 1.92. The largest absolute Gasteiger partial charge is 0.310 e. The Kier molecular flexibility index (Phi) is 5.81. The third kappa shape index (κ3) is 4.72. The average molecular weight is 223 g/mol. The highest BCUT2D eigenvalue weighted by atomic mass is 32.2. The fourth-order valence-corrected chi connectivity index (χ4v) is 2.27. The van der Waals surface area contributed by atoms with Gasteiger partial charge in [0.1, 0.15) is 0 Å². The highest BCUT2D eigenvalue weighted by molar-refractivity contribution is 7.98. The highest BCUT2D eigenvalue weighted by Gasteiger charge is 2.06. The maximum atomic E-state index is 3.57. The van der Waals surface area contributed by atoms with Gasteiger partial charge in [0, 0.05) is 6.04 Å². The molecule has 0 amide bonds. The topological polar surface area (TPSA) is 12.0 Å². The van der Waals surface area contributed by atoms with Crippen LogP contribution < -0.4 is 5.32 Å². The molecule has 0 radical (unpaired) electrons. The summed E-state index contributed by atoms with van der Waals surface area (Å²) in [6, 6.07) is 11.1. The van der Waals surface area contributed by atoms with E-state index in [-0.39, 0.29) is 0 Å². The predicted molar refractivity (Wildman–Crippen MR) is 70.4 cm³/mol. The molecule has 2 heteroatoms. The molecular formula is C13H21NS. The average Bonchev–Trinajstić information content (AvgIpc) is 2.27. The second-order valence-electron chi connectivity index (χ2n) is 4.10. The van der Waals surface area contributed by atoms with Crippen molar-refractivity contribution in [3.63, 3.8) is 0 Å². The van der Waals surface area contributed by atoms with Crippen molar-refractivity contribution in [2.45, 2.75) is 19.9 Å². The van der Waals surface area contributed by atoms with Gasteiger partial charge in [-0.15, -0.1) is 0 Å². The molecule has 1 nitrogen and oxygen atoms in total. The van der Waals surface area contributed by atoms with E-state index in [1.54, 1.807) is 0 Å². The lowest BCUT2D eigenvalue weighted by Gasteiger charge is -2.17. The van der Waals surface area contributed by atoms with Gasteiger partial charge in [0.2, 0.25) is 0 Å². The van der Waals surface area contributed by atoms with E-state index < -0.39 is 0 Å². The molecule has 0 fully saturated rings. The van der Waals surface area contributed by atoms with Crippen LogP contribution in [0.5, 0.6) is 0 Å². The summed E-state index contributed by atoms with van der Waals surface area (Å²) in [5, 5.41) is 3.57. The van der Waals surface area contributed by atoms with Crippen molar-refractivity contribution in [2.24, 2.45) is 5.92 Å². The van der Waals surface area contributed by atoms with Crippen LogP contribution in [0.3, 0.4) is 0 Å². The first-order valence-corrected chi connectivity index (χ1v) is 6.90. The maximum Gasteiger partial charge on any atom is 0.0291 e. The fraction of sp³-hybridized carbons (Fsp3) is 0.538. The zero-order valence-electron chi connectivity index (χ0n) is 9.86. The molecule has 84 valence electrons. The van der Waals surface area contributed by atoms with E-state index >= 15 is 0 Å². The van der Waals surface area contributed by atoms with Crippen molar-refractivity contribution < 1.29 is 0 Å². The van der Waals surface area contributed by atoms with Crippen LogP contribution in [-0.4, -0.2) is 18.6 Å². The van der Waals surface area contributed by atoms with Crippen molar-refractivity contribution >= 4 is 11.8 Å². The van der Waals surface area contributed by atoms with Crippen molar-refractivity contribution in [1.29, 1.82) is 0 Å². The van der Waals surface area contributed by atoms with Crippen molar-refractivity contribution in [2.75, 3.05) is 18.6 Å². The zero-order valence-corrected chi connectivity index (χ0v) is 10.7. The van der Waals surface area contributed by atoms with Gasteiger partial charge in [-0.2, -0.15) is 11.8 Å². The Bertz CT molecular complexity index is 260. The smallest absolute Gasteiger partial charge is 0.0291 e. The van der Waals surface area contributed by atoms with Crippen molar-refractivity contribution in [1.82, 2.24) is 5.32 Å². The van der Waals surface area contributed by atoms with E-state index in [0.29, 0.717) is 6.04 Å². The molecule has 1 N–H and O–H groups in total. The van der Waals surface area contributed by atoms with Crippen molar-refractivity contribution in [3.05, 3.63) is 35.9 Å². The SMILES string of the molecule is CSCC(C)CNC(C)c1ccccc1. The molecule has 0 aromatic heterocycles. The number of rotatable bonds is 6. The Morgan fingerprint density at radius 2 is 1.87 bits per heavy atom. The summed E-state index contributed by atoms with van der Waals surface area (Å²) in [5.74, 6) is 1.97. The molecule has 0 spiro atoms. The molecular weight excluding hydrogens is 202 g/mol. The molecule has 0 aliphatic rings. The summed E-state index contributed by atoms with van der Waals surface area (Å²) in [6.07, 6.45) is 2.16. The van der Waals surface area contributed by atoms with E-state index in [2.05, 4.69) is 55.8 Å². The molecule has 15 heavy (non-hydrogen) atoms. The molecule has 1 rings (SSSR count). The fourth-order valence-electron chi connectivity index (χ4n) is 1.58. The molecule has 0 heterocycles. The number of hydrogen-bond donors (Lipinski definition) is 1. The molecule has 1 aromatic carbocycles. The van der Waals surface area contributed by atoms with Gasteiger partial charge in [-0.25, -0.2) is 0 Å². The standard InChI is InChI=1S/C13H21NS/c1-11(10-15-3)9-14-12(2)13-7-5-4-6-8-13/h4-8,11-12,14H,9-10H2,1-3H3. The van der Waals surface area contributed by atoms with Crippen LogP contribution >= 0.6 is 11.8 Å². The van der Waals surface area contributed by atoms with Gasteiger partial charge in [0.25, 0.3) is 0 Å². The van der Waals surface area contributed by atoms with Crippen LogP contribution in [0.4, 0.5) is 0 Å². The minimum atomic E-state index is 0.454. The molecule has 0 saturated carbocycles. The second-order valence-corrected chi connectivity index (χ2v) is 5.01. The number of benzene rings is 1. The normalized spacial score (nSPS) is 14.9. The Morgan fingerprint density at radius 3 is 2.47 bits per heavy atom.